The molecule has 0 amide bonds. The van der Waals surface area contributed by atoms with Gasteiger partial charge in [0.25, 0.3) is 0 Å². The lowest BCUT2D eigenvalue weighted by molar-refractivity contribution is 0.360. The van der Waals surface area contributed by atoms with Crippen molar-refractivity contribution in [3.8, 4) is 0 Å². The molecule has 8 heteroatoms. The van der Waals surface area contributed by atoms with Crippen molar-refractivity contribution in [3.63, 3.8) is 0 Å². The molecule has 0 bridgehead atoms. The summed E-state index contributed by atoms with van der Waals surface area (Å²) >= 11 is 3.21. The third kappa shape index (κ3) is 2.84. The Labute approximate surface area is 140 Å². The number of thiazole rings is 1. The molecule has 4 rings (SSSR count). The zero-order valence-electron chi connectivity index (χ0n) is 12.8. The molecule has 0 fully saturated rings. The van der Waals surface area contributed by atoms with Crippen molar-refractivity contribution in [1.29, 1.82) is 0 Å². The maximum absolute atomic E-state index is 5.27. The Morgan fingerprint density at radius 1 is 1.26 bits per heavy atom. The van der Waals surface area contributed by atoms with Crippen molar-refractivity contribution >= 4 is 38.3 Å². The third-order valence-electron chi connectivity index (χ3n) is 3.33. The van der Waals surface area contributed by atoms with Gasteiger partial charge in [0.05, 0.1) is 16.0 Å². The van der Waals surface area contributed by atoms with Crippen LogP contribution in [-0.2, 0) is 12.2 Å². The molecule has 0 radical (unpaired) electrons. The molecule has 23 heavy (non-hydrogen) atoms. The van der Waals surface area contributed by atoms with E-state index in [1.54, 1.807) is 23.1 Å². The summed E-state index contributed by atoms with van der Waals surface area (Å²) < 4.78 is 8.56. The topological polar surface area (TPSA) is 69.1 Å². The van der Waals surface area contributed by atoms with Gasteiger partial charge in [0.1, 0.15) is 0 Å². The van der Waals surface area contributed by atoms with E-state index in [0.717, 1.165) is 22.1 Å². The van der Waals surface area contributed by atoms with Crippen molar-refractivity contribution < 1.29 is 4.52 Å². The normalized spacial score (nSPS) is 12.0. The van der Waals surface area contributed by atoms with Gasteiger partial charge in [-0.1, -0.05) is 54.2 Å². The maximum atomic E-state index is 5.27. The fraction of sp³-hybridized carbons (Fsp3) is 0.333. The molecule has 6 nitrogen and oxygen atoms in total. The van der Waals surface area contributed by atoms with E-state index in [2.05, 4.69) is 50.7 Å². The second-order valence-electron chi connectivity index (χ2n) is 5.66. The van der Waals surface area contributed by atoms with Crippen LogP contribution >= 0.6 is 23.1 Å². The third-order valence-corrected chi connectivity index (χ3v) is 5.27. The smallest absolute Gasteiger partial charge is 0.226 e. The number of benzene rings is 1. The lowest BCUT2D eigenvalue weighted by atomic mass is 10.1. The predicted octanol–water partition coefficient (Wildman–Crippen LogP) is 3.82. The minimum Gasteiger partial charge on any atom is -0.339 e. The first-order valence-corrected chi connectivity index (χ1v) is 9.18. The van der Waals surface area contributed by atoms with Gasteiger partial charge in [-0.3, -0.25) is 4.40 Å². The van der Waals surface area contributed by atoms with Crippen LogP contribution in [0.15, 0.2) is 33.9 Å². The van der Waals surface area contributed by atoms with E-state index in [-0.39, 0.29) is 0 Å². The standard InChI is InChI=1S/C15H15N5OS2/c1-9(2)7-13-16-12(19-21-13)8-22-14-17-18-15-20(14)10-5-3-4-6-11(10)23-15/h3-6,9H,7-8H2,1-2H3. The van der Waals surface area contributed by atoms with E-state index in [9.17, 15) is 0 Å². The largest absolute Gasteiger partial charge is 0.339 e. The summed E-state index contributed by atoms with van der Waals surface area (Å²) in [4.78, 5) is 5.33. The highest BCUT2D eigenvalue weighted by Gasteiger charge is 2.14. The molecule has 3 heterocycles. The van der Waals surface area contributed by atoms with E-state index >= 15 is 0 Å². The fourth-order valence-corrected chi connectivity index (χ4v) is 4.17. The summed E-state index contributed by atoms with van der Waals surface area (Å²) in [5.41, 5.74) is 1.13. The van der Waals surface area contributed by atoms with Gasteiger partial charge >= 0.3 is 0 Å². The quantitative estimate of drug-likeness (QED) is 0.512. The molecule has 0 atom stereocenters. The van der Waals surface area contributed by atoms with E-state index in [0.29, 0.717) is 23.4 Å². The SMILES string of the molecule is CC(C)Cc1nc(CSc2nnc3sc4ccccc4n23)no1. The summed E-state index contributed by atoms with van der Waals surface area (Å²) in [5.74, 6) is 2.51. The first-order valence-electron chi connectivity index (χ1n) is 7.37. The van der Waals surface area contributed by atoms with Crippen LogP contribution < -0.4 is 0 Å². The fourth-order valence-electron chi connectivity index (χ4n) is 2.36. The molecule has 0 saturated heterocycles. The lowest BCUT2D eigenvalue weighted by Crippen LogP contribution is -1.94. The molecular weight excluding hydrogens is 330 g/mol. The molecule has 118 valence electrons. The van der Waals surface area contributed by atoms with Crippen LogP contribution in [0.2, 0.25) is 0 Å². The predicted molar refractivity (Wildman–Crippen MR) is 90.8 cm³/mol. The van der Waals surface area contributed by atoms with Crippen molar-refractivity contribution in [1.82, 2.24) is 24.7 Å². The van der Waals surface area contributed by atoms with E-state index < -0.39 is 0 Å². The van der Waals surface area contributed by atoms with Gasteiger partial charge in [-0.25, -0.2) is 0 Å². The highest BCUT2D eigenvalue weighted by molar-refractivity contribution is 7.98. The summed E-state index contributed by atoms with van der Waals surface area (Å²) in [6, 6.07) is 8.25. The van der Waals surface area contributed by atoms with Crippen LogP contribution in [0.5, 0.6) is 0 Å². The number of hydrogen-bond donors (Lipinski definition) is 0. The number of para-hydroxylation sites is 1. The Morgan fingerprint density at radius 3 is 3.00 bits per heavy atom. The van der Waals surface area contributed by atoms with Crippen molar-refractivity contribution in [2.24, 2.45) is 5.92 Å². The Kier molecular flexibility index (Phi) is 3.78. The molecule has 4 aromatic rings. The Balaban J connectivity index is 1.57. The first-order chi connectivity index (χ1) is 11.2. The zero-order chi connectivity index (χ0) is 15.8. The van der Waals surface area contributed by atoms with Gasteiger partial charge in [0, 0.05) is 6.42 Å². The molecule has 3 aromatic heterocycles. The second kappa shape index (κ2) is 5.93. The summed E-state index contributed by atoms with van der Waals surface area (Å²) in [7, 11) is 0. The molecule has 0 aliphatic carbocycles. The molecule has 0 unspecified atom stereocenters. The van der Waals surface area contributed by atoms with Gasteiger partial charge in [0.15, 0.2) is 11.0 Å². The number of aromatic nitrogens is 5. The molecule has 0 aliphatic heterocycles. The van der Waals surface area contributed by atoms with Crippen LogP contribution in [0.25, 0.3) is 15.2 Å². The lowest BCUT2D eigenvalue weighted by Gasteiger charge is -1.97. The Hall–Kier alpha value is -1.93. The van der Waals surface area contributed by atoms with E-state index in [1.165, 1.54) is 4.70 Å². The van der Waals surface area contributed by atoms with Gasteiger partial charge in [-0.2, -0.15) is 4.98 Å². The average molecular weight is 345 g/mol. The molecular formula is C15H15N5OS2. The van der Waals surface area contributed by atoms with Crippen LogP contribution in [0, 0.1) is 5.92 Å². The van der Waals surface area contributed by atoms with E-state index in [1.807, 2.05) is 12.1 Å². The minimum absolute atomic E-state index is 0.504. The minimum atomic E-state index is 0.504. The highest BCUT2D eigenvalue weighted by Crippen LogP contribution is 2.30. The number of thioether (sulfide) groups is 1. The van der Waals surface area contributed by atoms with Crippen molar-refractivity contribution in [2.75, 3.05) is 0 Å². The number of fused-ring (bicyclic) bond motifs is 3. The van der Waals surface area contributed by atoms with Crippen molar-refractivity contribution in [3.05, 3.63) is 36.0 Å². The maximum Gasteiger partial charge on any atom is 0.226 e. The average Bonchev–Trinajstić information content (AvgIpc) is 3.19. The molecule has 0 spiro atoms. The second-order valence-corrected chi connectivity index (χ2v) is 7.61. The van der Waals surface area contributed by atoms with Crippen molar-refractivity contribution in [2.45, 2.75) is 31.2 Å². The Bertz CT molecular complexity index is 955. The summed E-state index contributed by atoms with van der Waals surface area (Å²) in [6.07, 6.45) is 0.808. The van der Waals surface area contributed by atoms with Gasteiger partial charge < -0.3 is 4.52 Å². The van der Waals surface area contributed by atoms with E-state index in [4.69, 9.17) is 4.52 Å². The monoisotopic (exact) mass is 345 g/mol. The first kappa shape index (κ1) is 14.6. The number of hydrogen-bond acceptors (Lipinski definition) is 7. The Morgan fingerprint density at radius 2 is 2.13 bits per heavy atom. The summed E-state index contributed by atoms with van der Waals surface area (Å²) in [5, 5.41) is 13.4. The number of nitrogens with zero attached hydrogens (tertiary/aromatic N) is 5. The number of rotatable bonds is 5. The van der Waals surface area contributed by atoms with Crippen LogP contribution in [0.3, 0.4) is 0 Å². The zero-order valence-corrected chi connectivity index (χ0v) is 14.4. The molecule has 0 saturated carbocycles. The highest BCUT2D eigenvalue weighted by atomic mass is 32.2. The molecule has 1 aromatic carbocycles. The van der Waals surface area contributed by atoms with Gasteiger partial charge in [-0.05, 0) is 18.1 Å². The van der Waals surface area contributed by atoms with Gasteiger partial charge in [-0.15, -0.1) is 10.2 Å². The molecule has 0 N–H and O–H groups in total. The van der Waals surface area contributed by atoms with Crippen LogP contribution in [-0.4, -0.2) is 24.7 Å². The van der Waals surface area contributed by atoms with Crippen LogP contribution in [0.1, 0.15) is 25.6 Å². The van der Waals surface area contributed by atoms with Crippen LogP contribution in [0.4, 0.5) is 0 Å². The summed E-state index contributed by atoms with van der Waals surface area (Å²) in [6.45, 7) is 4.26. The van der Waals surface area contributed by atoms with Gasteiger partial charge in [0.2, 0.25) is 10.9 Å². The molecule has 0 aliphatic rings.